The fourth-order valence-electron chi connectivity index (χ4n) is 2.74. The monoisotopic (exact) mass is 254 g/mol. The van der Waals surface area contributed by atoms with Crippen molar-refractivity contribution in [1.82, 2.24) is 10.2 Å². The molecule has 0 atom stereocenters. The first-order chi connectivity index (χ1) is 8.70. The molecule has 1 N–H and O–H groups in total. The molecule has 1 aliphatic rings. The van der Waals surface area contributed by atoms with Crippen molar-refractivity contribution in [2.45, 2.75) is 71.3 Å². The van der Waals surface area contributed by atoms with Crippen LogP contribution in [-0.2, 0) is 0 Å². The molecular formula is C16H34N2. The van der Waals surface area contributed by atoms with Crippen LogP contribution in [0.25, 0.3) is 0 Å². The summed E-state index contributed by atoms with van der Waals surface area (Å²) in [6.45, 7) is 8.25. The van der Waals surface area contributed by atoms with E-state index in [4.69, 9.17) is 0 Å². The SMILES string of the molecule is CC(C)N(C)CCCCNCC1CCCCCC1. The van der Waals surface area contributed by atoms with Crippen molar-refractivity contribution in [1.29, 1.82) is 0 Å². The Morgan fingerprint density at radius 2 is 1.72 bits per heavy atom. The number of unbranched alkanes of at least 4 members (excludes halogenated alkanes) is 1. The zero-order valence-corrected chi connectivity index (χ0v) is 12.9. The fraction of sp³-hybridized carbons (Fsp3) is 1.00. The Bertz CT molecular complexity index is 184. The smallest absolute Gasteiger partial charge is 0.00355 e. The van der Waals surface area contributed by atoms with Crippen LogP contribution in [0.1, 0.15) is 65.2 Å². The van der Waals surface area contributed by atoms with Crippen molar-refractivity contribution >= 4 is 0 Å². The molecule has 1 fully saturated rings. The number of nitrogens with zero attached hydrogens (tertiary/aromatic N) is 1. The van der Waals surface area contributed by atoms with Gasteiger partial charge in [-0.05, 0) is 72.1 Å². The summed E-state index contributed by atoms with van der Waals surface area (Å²) in [5.41, 5.74) is 0. The zero-order chi connectivity index (χ0) is 13.2. The number of hydrogen-bond donors (Lipinski definition) is 1. The van der Waals surface area contributed by atoms with Crippen LogP contribution in [0.3, 0.4) is 0 Å². The predicted octanol–water partition coefficient (Wildman–Crippen LogP) is 3.67. The molecule has 0 bridgehead atoms. The summed E-state index contributed by atoms with van der Waals surface area (Å²) in [5, 5.41) is 3.67. The number of nitrogens with one attached hydrogen (secondary N) is 1. The lowest BCUT2D eigenvalue weighted by Gasteiger charge is -2.21. The lowest BCUT2D eigenvalue weighted by molar-refractivity contribution is 0.267. The summed E-state index contributed by atoms with van der Waals surface area (Å²) in [4.78, 5) is 2.44. The van der Waals surface area contributed by atoms with Crippen LogP contribution < -0.4 is 5.32 Å². The molecule has 2 nitrogen and oxygen atoms in total. The highest BCUT2D eigenvalue weighted by Crippen LogP contribution is 2.21. The maximum Gasteiger partial charge on any atom is 0.00355 e. The highest BCUT2D eigenvalue weighted by atomic mass is 15.1. The first kappa shape index (κ1) is 16.0. The van der Waals surface area contributed by atoms with Gasteiger partial charge in [-0.2, -0.15) is 0 Å². The van der Waals surface area contributed by atoms with E-state index in [1.54, 1.807) is 0 Å². The van der Waals surface area contributed by atoms with Gasteiger partial charge in [0.15, 0.2) is 0 Å². The molecule has 0 aromatic heterocycles. The maximum absolute atomic E-state index is 3.67. The van der Waals surface area contributed by atoms with E-state index in [-0.39, 0.29) is 0 Å². The second-order valence-electron chi connectivity index (χ2n) is 6.34. The third-order valence-corrected chi connectivity index (χ3v) is 4.40. The number of hydrogen-bond acceptors (Lipinski definition) is 2. The molecule has 0 spiro atoms. The van der Waals surface area contributed by atoms with Crippen molar-refractivity contribution in [3.05, 3.63) is 0 Å². The molecule has 18 heavy (non-hydrogen) atoms. The van der Waals surface area contributed by atoms with E-state index >= 15 is 0 Å². The van der Waals surface area contributed by atoms with Crippen LogP contribution in [0.15, 0.2) is 0 Å². The first-order valence-electron chi connectivity index (χ1n) is 8.11. The van der Waals surface area contributed by atoms with Gasteiger partial charge in [-0.3, -0.25) is 0 Å². The fourth-order valence-corrected chi connectivity index (χ4v) is 2.74. The van der Waals surface area contributed by atoms with Gasteiger partial charge in [-0.1, -0.05) is 25.7 Å². The molecule has 0 amide bonds. The second-order valence-corrected chi connectivity index (χ2v) is 6.34. The van der Waals surface area contributed by atoms with Gasteiger partial charge in [0.1, 0.15) is 0 Å². The normalized spacial score (nSPS) is 18.5. The molecule has 0 unspecified atom stereocenters. The minimum Gasteiger partial charge on any atom is -0.316 e. The predicted molar refractivity (Wildman–Crippen MR) is 81.1 cm³/mol. The van der Waals surface area contributed by atoms with Crippen molar-refractivity contribution < 1.29 is 0 Å². The molecule has 1 rings (SSSR count). The molecule has 2 heteroatoms. The van der Waals surface area contributed by atoms with Gasteiger partial charge in [0.2, 0.25) is 0 Å². The van der Waals surface area contributed by atoms with E-state index in [1.165, 1.54) is 71.0 Å². The van der Waals surface area contributed by atoms with Gasteiger partial charge in [0.05, 0.1) is 0 Å². The first-order valence-corrected chi connectivity index (χ1v) is 8.11. The van der Waals surface area contributed by atoms with E-state index < -0.39 is 0 Å². The summed E-state index contributed by atoms with van der Waals surface area (Å²) >= 11 is 0. The Balaban J connectivity index is 1.91. The van der Waals surface area contributed by atoms with Crippen molar-refractivity contribution in [2.24, 2.45) is 5.92 Å². The summed E-state index contributed by atoms with van der Waals surface area (Å²) in [5.74, 6) is 0.964. The Morgan fingerprint density at radius 3 is 2.33 bits per heavy atom. The lowest BCUT2D eigenvalue weighted by atomic mass is 10.0. The van der Waals surface area contributed by atoms with Crippen molar-refractivity contribution in [3.8, 4) is 0 Å². The molecule has 0 heterocycles. The topological polar surface area (TPSA) is 15.3 Å². The Hall–Kier alpha value is -0.0800. The Morgan fingerprint density at radius 1 is 1.06 bits per heavy atom. The second kappa shape index (κ2) is 9.80. The lowest BCUT2D eigenvalue weighted by Crippen LogP contribution is -2.28. The van der Waals surface area contributed by atoms with Gasteiger partial charge in [0, 0.05) is 6.04 Å². The van der Waals surface area contributed by atoms with Gasteiger partial charge < -0.3 is 10.2 Å². The largest absolute Gasteiger partial charge is 0.316 e. The average molecular weight is 254 g/mol. The number of rotatable bonds is 8. The van der Waals surface area contributed by atoms with Crippen molar-refractivity contribution in [2.75, 3.05) is 26.7 Å². The molecule has 1 aliphatic carbocycles. The molecule has 108 valence electrons. The van der Waals surface area contributed by atoms with Crippen LogP contribution in [0.5, 0.6) is 0 Å². The third-order valence-electron chi connectivity index (χ3n) is 4.40. The van der Waals surface area contributed by atoms with E-state index in [0.717, 1.165) is 5.92 Å². The molecular weight excluding hydrogens is 220 g/mol. The van der Waals surface area contributed by atoms with Crippen LogP contribution in [0.2, 0.25) is 0 Å². The van der Waals surface area contributed by atoms with Crippen LogP contribution in [-0.4, -0.2) is 37.6 Å². The Labute approximate surface area is 115 Å². The van der Waals surface area contributed by atoms with Gasteiger partial charge in [-0.15, -0.1) is 0 Å². The minimum absolute atomic E-state index is 0.684. The third kappa shape index (κ3) is 7.38. The summed E-state index contributed by atoms with van der Waals surface area (Å²) in [7, 11) is 2.23. The van der Waals surface area contributed by atoms with E-state index in [1.807, 2.05) is 0 Å². The molecule has 0 saturated heterocycles. The molecule has 0 aromatic rings. The van der Waals surface area contributed by atoms with Crippen molar-refractivity contribution in [3.63, 3.8) is 0 Å². The summed E-state index contributed by atoms with van der Waals surface area (Å²) in [6, 6.07) is 0.684. The highest BCUT2D eigenvalue weighted by molar-refractivity contribution is 4.67. The average Bonchev–Trinajstić information content (AvgIpc) is 2.61. The van der Waals surface area contributed by atoms with Crippen LogP contribution in [0, 0.1) is 5.92 Å². The van der Waals surface area contributed by atoms with Gasteiger partial charge in [0.25, 0.3) is 0 Å². The van der Waals surface area contributed by atoms with E-state index in [0.29, 0.717) is 6.04 Å². The maximum atomic E-state index is 3.67. The van der Waals surface area contributed by atoms with E-state index in [9.17, 15) is 0 Å². The van der Waals surface area contributed by atoms with Crippen LogP contribution >= 0.6 is 0 Å². The molecule has 0 aromatic carbocycles. The highest BCUT2D eigenvalue weighted by Gasteiger charge is 2.11. The minimum atomic E-state index is 0.684. The summed E-state index contributed by atoms with van der Waals surface area (Å²) < 4.78 is 0. The quantitative estimate of drug-likeness (QED) is 0.525. The van der Waals surface area contributed by atoms with E-state index in [2.05, 4.69) is 31.1 Å². The summed E-state index contributed by atoms with van der Waals surface area (Å²) in [6.07, 6.45) is 11.4. The van der Waals surface area contributed by atoms with Gasteiger partial charge in [-0.25, -0.2) is 0 Å². The Kier molecular flexibility index (Phi) is 8.70. The standard InChI is InChI=1S/C16H34N2/c1-15(2)18(3)13-9-8-12-17-14-16-10-6-4-5-7-11-16/h15-17H,4-14H2,1-3H3. The van der Waals surface area contributed by atoms with Crippen LogP contribution in [0.4, 0.5) is 0 Å². The molecule has 1 saturated carbocycles. The zero-order valence-electron chi connectivity index (χ0n) is 12.9. The van der Waals surface area contributed by atoms with Gasteiger partial charge >= 0.3 is 0 Å². The molecule has 0 aliphatic heterocycles. The molecule has 0 radical (unpaired) electrons.